The maximum absolute atomic E-state index is 12.5. The zero-order valence-corrected chi connectivity index (χ0v) is 16.2. The van der Waals surface area contributed by atoms with Gasteiger partial charge in [-0.1, -0.05) is 11.6 Å². The van der Waals surface area contributed by atoms with E-state index in [-0.39, 0.29) is 18.1 Å². The minimum absolute atomic E-state index is 0.0585. The van der Waals surface area contributed by atoms with Crippen LogP contribution >= 0.6 is 11.6 Å². The van der Waals surface area contributed by atoms with Gasteiger partial charge in [-0.25, -0.2) is 4.79 Å². The number of ether oxygens (including phenoxy) is 1. The zero-order chi connectivity index (χ0) is 19.0. The number of fused-ring (bicyclic) bond motifs is 3. The Morgan fingerprint density at radius 3 is 2.81 bits per heavy atom. The Kier molecular flexibility index (Phi) is 5.10. The van der Waals surface area contributed by atoms with Crippen LogP contribution in [0.25, 0.3) is 11.0 Å². The molecule has 0 saturated carbocycles. The predicted molar refractivity (Wildman–Crippen MR) is 104 cm³/mol. The largest absolute Gasteiger partial charge is 0.482 e. The van der Waals surface area contributed by atoms with Crippen molar-refractivity contribution in [3.05, 3.63) is 38.7 Å². The van der Waals surface area contributed by atoms with E-state index in [1.807, 2.05) is 4.90 Å². The van der Waals surface area contributed by atoms with Crippen LogP contribution in [-0.4, -0.2) is 55.5 Å². The summed E-state index contributed by atoms with van der Waals surface area (Å²) < 4.78 is 11.1. The molecule has 144 valence electrons. The van der Waals surface area contributed by atoms with Gasteiger partial charge >= 0.3 is 5.63 Å². The van der Waals surface area contributed by atoms with Crippen molar-refractivity contribution >= 4 is 28.5 Å². The van der Waals surface area contributed by atoms with Crippen LogP contribution in [0.3, 0.4) is 0 Å². The van der Waals surface area contributed by atoms with E-state index in [0.29, 0.717) is 22.9 Å². The van der Waals surface area contributed by atoms with Crippen LogP contribution in [-0.2, 0) is 17.6 Å². The Bertz CT molecular complexity index is 940. The molecule has 1 aromatic heterocycles. The number of benzene rings is 1. The molecular weight excluding hydrogens is 368 g/mol. The molecule has 1 fully saturated rings. The average Bonchev–Trinajstić information content (AvgIpc) is 3.04. The van der Waals surface area contributed by atoms with Crippen molar-refractivity contribution in [3.8, 4) is 5.75 Å². The molecule has 6 nitrogen and oxygen atoms in total. The van der Waals surface area contributed by atoms with E-state index in [1.165, 1.54) is 0 Å². The number of hydrogen-bond acceptors (Lipinski definition) is 5. The monoisotopic (exact) mass is 390 g/mol. The summed E-state index contributed by atoms with van der Waals surface area (Å²) in [5.74, 6) is 0.308. The first-order valence-electron chi connectivity index (χ1n) is 9.40. The third-order valence-corrected chi connectivity index (χ3v) is 5.74. The average molecular weight is 391 g/mol. The van der Waals surface area contributed by atoms with E-state index in [2.05, 4.69) is 11.9 Å². The van der Waals surface area contributed by atoms with Gasteiger partial charge in [-0.15, -0.1) is 0 Å². The summed E-state index contributed by atoms with van der Waals surface area (Å²) in [6.07, 6.45) is 3.52. The Morgan fingerprint density at radius 1 is 1.15 bits per heavy atom. The van der Waals surface area contributed by atoms with Crippen molar-refractivity contribution in [3.63, 3.8) is 0 Å². The summed E-state index contributed by atoms with van der Waals surface area (Å²) in [7, 11) is 2.06. The van der Waals surface area contributed by atoms with Gasteiger partial charge in [0.25, 0.3) is 5.91 Å². The number of likely N-dealkylation sites (N-methyl/N-ethyl adjacent to an activating group) is 1. The highest BCUT2D eigenvalue weighted by Crippen LogP contribution is 2.34. The molecule has 7 heteroatoms. The lowest BCUT2D eigenvalue weighted by atomic mass is 10.1. The lowest BCUT2D eigenvalue weighted by molar-refractivity contribution is -0.133. The Hall–Kier alpha value is -2.05. The molecule has 0 spiro atoms. The standard InChI is InChI=1S/C20H23ClN2O4/c1-22-6-3-7-23(9-8-22)19(24)12-26-18-11-17-15(10-16(18)21)13-4-2-5-14(13)20(25)27-17/h10-11H,2-9,12H2,1H3. The van der Waals surface area contributed by atoms with Crippen LogP contribution in [0.1, 0.15) is 24.0 Å². The minimum atomic E-state index is -0.284. The molecule has 2 aliphatic rings. The number of hydrogen-bond donors (Lipinski definition) is 0. The van der Waals surface area contributed by atoms with Crippen molar-refractivity contribution in [2.24, 2.45) is 0 Å². The topological polar surface area (TPSA) is 63.0 Å². The number of nitrogens with zero attached hydrogens (tertiary/aromatic N) is 2. The summed E-state index contributed by atoms with van der Waals surface area (Å²) in [5, 5.41) is 1.29. The van der Waals surface area contributed by atoms with Gasteiger partial charge in [0.1, 0.15) is 11.3 Å². The molecule has 2 heterocycles. The van der Waals surface area contributed by atoms with Crippen LogP contribution in [0, 0.1) is 0 Å². The van der Waals surface area contributed by atoms with Crippen LogP contribution in [0.5, 0.6) is 5.75 Å². The number of carbonyl (C=O) groups excluding carboxylic acids is 1. The van der Waals surface area contributed by atoms with E-state index in [1.54, 1.807) is 12.1 Å². The quantitative estimate of drug-likeness (QED) is 0.753. The molecule has 27 heavy (non-hydrogen) atoms. The SMILES string of the molecule is CN1CCCN(C(=O)COc2cc3oc(=O)c4c(c3cc2Cl)CCC4)CC1. The normalized spacial score (nSPS) is 17.8. The Labute approximate surface area is 162 Å². The summed E-state index contributed by atoms with van der Waals surface area (Å²) in [4.78, 5) is 28.7. The van der Waals surface area contributed by atoms with E-state index >= 15 is 0 Å². The van der Waals surface area contributed by atoms with Crippen LogP contribution < -0.4 is 10.4 Å². The molecule has 1 amide bonds. The summed E-state index contributed by atoms with van der Waals surface area (Å²) in [5.41, 5.74) is 1.96. The maximum Gasteiger partial charge on any atom is 0.339 e. The highest BCUT2D eigenvalue weighted by atomic mass is 35.5. The molecule has 0 radical (unpaired) electrons. The predicted octanol–water partition coefficient (Wildman–Crippen LogP) is 2.48. The number of carbonyl (C=O) groups is 1. The maximum atomic E-state index is 12.5. The van der Waals surface area contributed by atoms with E-state index in [0.717, 1.165) is 61.8 Å². The fourth-order valence-electron chi connectivity index (χ4n) is 3.92. The second-order valence-electron chi connectivity index (χ2n) is 7.31. The summed E-state index contributed by atoms with van der Waals surface area (Å²) in [6.45, 7) is 3.21. The third kappa shape index (κ3) is 3.69. The second-order valence-corrected chi connectivity index (χ2v) is 7.71. The first-order valence-corrected chi connectivity index (χ1v) is 9.78. The smallest absolute Gasteiger partial charge is 0.339 e. The number of rotatable bonds is 3. The van der Waals surface area contributed by atoms with E-state index in [4.69, 9.17) is 20.8 Å². The van der Waals surface area contributed by atoms with Gasteiger partial charge in [-0.05, 0) is 50.9 Å². The van der Waals surface area contributed by atoms with Crippen molar-refractivity contribution in [2.45, 2.75) is 25.7 Å². The van der Waals surface area contributed by atoms with Gasteiger partial charge in [-0.3, -0.25) is 4.79 Å². The molecule has 1 aliphatic carbocycles. The molecule has 0 atom stereocenters. The lowest BCUT2D eigenvalue weighted by Gasteiger charge is -2.21. The zero-order valence-electron chi connectivity index (χ0n) is 15.4. The van der Waals surface area contributed by atoms with Gasteiger partial charge in [-0.2, -0.15) is 0 Å². The Morgan fingerprint density at radius 2 is 1.96 bits per heavy atom. The van der Waals surface area contributed by atoms with E-state index < -0.39 is 0 Å². The highest BCUT2D eigenvalue weighted by Gasteiger charge is 2.22. The summed E-state index contributed by atoms with van der Waals surface area (Å²) in [6, 6.07) is 3.41. The summed E-state index contributed by atoms with van der Waals surface area (Å²) >= 11 is 6.38. The third-order valence-electron chi connectivity index (χ3n) is 5.45. The van der Waals surface area contributed by atoms with Gasteiger partial charge < -0.3 is 19.0 Å². The fourth-order valence-corrected chi connectivity index (χ4v) is 4.14. The fraction of sp³-hybridized carbons (Fsp3) is 0.500. The molecule has 1 aromatic carbocycles. The Balaban J connectivity index is 1.52. The molecule has 0 unspecified atom stereocenters. The first kappa shape index (κ1) is 18.3. The molecule has 0 N–H and O–H groups in total. The van der Waals surface area contributed by atoms with Crippen LogP contribution in [0.15, 0.2) is 21.3 Å². The molecule has 0 bridgehead atoms. The molecular formula is C20H23ClN2O4. The number of halogens is 1. The number of amides is 1. The van der Waals surface area contributed by atoms with Crippen molar-refractivity contribution in [1.29, 1.82) is 0 Å². The van der Waals surface area contributed by atoms with E-state index in [9.17, 15) is 9.59 Å². The molecule has 4 rings (SSSR count). The molecule has 1 saturated heterocycles. The minimum Gasteiger partial charge on any atom is -0.482 e. The number of aryl methyl sites for hydroxylation is 1. The van der Waals surface area contributed by atoms with Crippen molar-refractivity contribution < 1.29 is 13.9 Å². The molecule has 2 aromatic rings. The molecule has 1 aliphatic heterocycles. The van der Waals surface area contributed by atoms with Gasteiger partial charge in [0, 0.05) is 36.7 Å². The van der Waals surface area contributed by atoms with Gasteiger partial charge in [0.05, 0.1) is 5.02 Å². The highest BCUT2D eigenvalue weighted by molar-refractivity contribution is 6.32. The van der Waals surface area contributed by atoms with Crippen LogP contribution in [0.4, 0.5) is 0 Å². The van der Waals surface area contributed by atoms with Crippen molar-refractivity contribution in [1.82, 2.24) is 9.80 Å². The van der Waals surface area contributed by atoms with Gasteiger partial charge in [0.2, 0.25) is 0 Å². The van der Waals surface area contributed by atoms with Crippen molar-refractivity contribution in [2.75, 3.05) is 39.8 Å². The van der Waals surface area contributed by atoms with Crippen LogP contribution in [0.2, 0.25) is 5.02 Å². The first-order chi connectivity index (χ1) is 13.0. The lowest BCUT2D eigenvalue weighted by Crippen LogP contribution is -2.37. The second kappa shape index (κ2) is 7.52. The van der Waals surface area contributed by atoms with Gasteiger partial charge in [0.15, 0.2) is 6.61 Å².